The lowest BCUT2D eigenvalue weighted by atomic mass is 10.1. The number of halogens is 1. The summed E-state index contributed by atoms with van der Waals surface area (Å²) in [6, 6.07) is 9.33. The van der Waals surface area contributed by atoms with E-state index in [0.717, 1.165) is 17.0 Å². The second kappa shape index (κ2) is 9.07. The fourth-order valence-corrected chi connectivity index (χ4v) is 3.41. The van der Waals surface area contributed by atoms with E-state index in [1.165, 1.54) is 32.1 Å². The van der Waals surface area contributed by atoms with Gasteiger partial charge in [0, 0.05) is 11.3 Å². The summed E-state index contributed by atoms with van der Waals surface area (Å²) < 4.78 is 32.3. The Hall–Kier alpha value is -3.55. The highest BCUT2D eigenvalue weighted by atomic mass is 19.1. The van der Waals surface area contributed by atoms with Crippen LogP contribution >= 0.6 is 0 Å². The van der Waals surface area contributed by atoms with E-state index in [9.17, 15) is 9.18 Å². The summed E-state index contributed by atoms with van der Waals surface area (Å²) in [5.41, 5.74) is 2.85. The molecule has 0 aliphatic rings. The van der Waals surface area contributed by atoms with Gasteiger partial charge < -0.3 is 19.5 Å². The second-order valence-corrected chi connectivity index (χ2v) is 7.16. The molecule has 0 spiro atoms. The maximum absolute atomic E-state index is 14.7. The van der Waals surface area contributed by atoms with E-state index < -0.39 is 11.7 Å². The Morgan fingerprint density at radius 3 is 2.16 bits per heavy atom. The van der Waals surface area contributed by atoms with Gasteiger partial charge in [0.15, 0.2) is 11.5 Å². The van der Waals surface area contributed by atoms with Gasteiger partial charge in [-0.2, -0.15) is 5.10 Å². The first-order valence-corrected chi connectivity index (χ1v) is 9.73. The SMILES string of the molecule is COc1cc(C(C)NC(=O)c2ccc(-n3nc(C)cc3C)c(F)c2)cc(OC)c1OC. The Morgan fingerprint density at radius 2 is 1.68 bits per heavy atom. The first-order valence-electron chi connectivity index (χ1n) is 9.73. The molecule has 1 amide bonds. The highest BCUT2D eigenvalue weighted by Crippen LogP contribution is 2.39. The van der Waals surface area contributed by atoms with E-state index in [2.05, 4.69) is 10.4 Å². The molecule has 0 aliphatic heterocycles. The van der Waals surface area contributed by atoms with Gasteiger partial charge in [-0.05, 0) is 62.7 Å². The highest BCUT2D eigenvalue weighted by molar-refractivity contribution is 5.94. The van der Waals surface area contributed by atoms with Crippen molar-refractivity contribution in [2.24, 2.45) is 0 Å². The topological polar surface area (TPSA) is 74.6 Å². The van der Waals surface area contributed by atoms with Crippen molar-refractivity contribution in [1.29, 1.82) is 0 Å². The minimum absolute atomic E-state index is 0.210. The lowest BCUT2D eigenvalue weighted by molar-refractivity contribution is 0.0939. The number of aromatic nitrogens is 2. The maximum atomic E-state index is 14.7. The monoisotopic (exact) mass is 427 g/mol. The van der Waals surface area contributed by atoms with Crippen LogP contribution in [0.1, 0.15) is 40.3 Å². The number of nitrogens with one attached hydrogen (secondary N) is 1. The molecule has 0 fully saturated rings. The zero-order chi connectivity index (χ0) is 22.7. The van der Waals surface area contributed by atoms with E-state index in [1.807, 2.05) is 26.8 Å². The van der Waals surface area contributed by atoms with Gasteiger partial charge in [0.2, 0.25) is 5.75 Å². The van der Waals surface area contributed by atoms with Crippen molar-refractivity contribution in [2.75, 3.05) is 21.3 Å². The number of carbonyl (C=O) groups excluding carboxylic acids is 1. The van der Waals surface area contributed by atoms with Crippen LogP contribution in [0.2, 0.25) is 0 Å². The Bertz CT molecular complexity index is 1090. The molecule has 3 aromatic rings. The van der Waals surface area contributed by atoms with Crippen LogP contribution in [-0.2, 0) is 0 Å². The summed E-state index contributed by atoms with van der Waals surface area (Å²) in [6.45, 7) is 5.51. The van der Waals surface area contributed by atoms with Crippen LogP contribution in [0.25, 0.3) is 5.69 Å². The highest BCUT2D eigenvalue weighted by Gasteiger charge is 2.19. The summed E-state index contributed by atoms with van der Waals surface area (Å²) in [4.78, 5) is 12.7. The molecule has 8 heteroatoms. The largest absolute Gasteiger partial charge is 0.493 e. The number of methoxy groups -OCH3 is 3. The molecule has 1 N–H and O–H groups in total. The number of benzene rings is 2. The van der Waals surface area contributed by atoms with Crippen molar-refractivity contribution < 1.29 is 23.4 Å². The number of amides is 1. The minimum Gasteiger partial charge on any atom is -0.493 e. The number of aryl methyl sites for hydroxylation is 2. The van der Waals surface area contributed by atoms with Crippen molar-refractivity contribution >= 4 is 5.91 Å². The van der Waals surface area contributed by atoms with Crippen molar-refractivity contribution in [3.63, 3.8) is 0 Å². The molecule has 31 heavy (non-hydrogen) atoms. The van der Waals surface area contributed by atoms with E-state index >= 15 is 0 Å². The van der Waals surface area contributed by atoms with E-state index in [0.29, 0.717) is 22.9 Å². The summed E-state index contributed by atoms with van der Waals surface area (Å²) in [5.74, 6) is 0.505. The smallest absolute Gasteiger partial charge is 0.251 e. The van der Waals surface area contributed by atoms with Crippen molar-refractivity contribution in [3.05, 3.63) is 64.7 Å². The maximum Gasteiger partial charge on any atom is 0.251 e. The average molecular weight is 427 g/mol. The molecule has 0 saturated heterocycles. The summed E-state index contributed by atoms with van der Waals surface area (Å²) in [5, 5.41) is 7.17. The van der Waals surface area contributed by atoms with E-state index in [4.69, 9.17) is 14.2 Å². The zero-order valence-electron chi connectivity index (χ0n) is 18.4. The Kier molecular flexibility index (Phi) is 6.48. The van der Waals surface area contributed by atoms with Gasteiger partial charge in [0.25, 0.3) is 5.91 Å². The molecule has 7 nitrogen and oxygen atoms in total. The molecule has 1 unspecified atom stereocenters. The zero-order valence-corrected chi connectivity index (χ0v) is 18.4. The molecule has 164 valence electrons. The van der Waals surface area contributed by atoms with Gasteiger partial charge in [-0.3, -0.25) is 4.79 Å². The predicted molar refractivity (Wildman–Crippen MR) is 115 cm³/mol. The van der Waals surface area contributed by atoms with Gasteiger partial charge in [0.05, 0.1) is 33.1 Å². The summed E-state index contributed by atoms with van der Waals surface area (Å²) in [6.07, 6.45) is 0. The quantitative estimate of drug-likeness (QED) is 0.613. The second-order valence-electron chi connectivity index (χ2n) is 7.16. The minimum atomic E-state index is -0.528. The number of rotatable bonds is 7. The third-order valence-corrected chi connectivity index (χ3v) is 4.98. The normalized spacial score (nSPS) is 11.7. The number of carbonyl (C=O) groups is 1. The third kappa shape index (κ3) is 4.47. The first-order chi connectivity index (χ1) is 14.8. The number of nitrogens with zero attached hydrogens (tertiary/aromatic N) is 2. The van der Waals surface area contributed by atoms with E-state index in [1.54, 1.807) is 24.3 Å². The molecule has 0 radical (unpaired) electrons. The summed E-state index contributed by atoms with van der Waals surface area (Å²) in [7, 11) is 4.57. The fraction of sp³-hybridized carbons (Fsp3) is 0.304. The van der Waals surface area contributed by atoms with Crippen LogP contribution in [0.5, 0.6) is 17.2 Å². The molecular formula is C23H26FN3O4. The van der Waals surface area contributed by atoms with E-state index in [-0.39, 0.29) is 11.6 Å². The number of ether oxygens (including phenoxy) is 3. The Balaban J connectivity index is 1.83. The van der Waals surface area contributed by atoms with Crippen LogP contribution in [0.4, 0.5) is 4.39 Å². The molecule has 2 aromatic carbocycles. The Labute approximate surface area is 180 Å². The average Bonchev–Trinajstić information content (AvgIpc) is 3.09. The molecule has 0 aliphatic carbocycles. The van der Waals surface area contributed by atoms with Crippen molar-refractivity contribution in [1.82, 2.24) is 15.1 Å². The van der Waals surface area contributed by atoms with Crippen LogP contribution in [0.3, 0.4) is 0 Å². The molecule has 0 bridgehead atoms. The molecule has 1 aromatic heterocycles. The van der Waals surface area contributed by atoms with Crippen molar-refractivity contribution in [2.45, 2.75) is 26.8 Å². The van der Waals surface area contributed by atoms with Crippen molar-refractivity contribution in [3.8, 4) is 22.9 Å². The molecular weight excluding hydrogens is 401 g/mol. The third-order valence-electron chi connectivity index (χ3n) is 4.98. The first kappa shape index (κ1) is 22.1. The molecule has 1 atom stereocenters. The number of hydrogen-bond acceptors (Lipinski definition) is 5. The van der Waals surface area contributed by atoms with Crippen LogP contribution in [0, 0.1) is 19.7 Å². The number of hydrogen-bond donors (Lipinski definition) is 1. The van der Waals surface area contributed by atoms with Gasteiger partial charge >= 0.3 is 0 Å². The lowest BCUT2D eigenvalue weighted by Gasteiger charge is -2.19. The molecule has 1 heterocycles. The van der Waals surface area contributed by atoms with Gasteiger partial charge in [0.1, 0.15) is 11.5 Å². The van der Waals surface area contributed by atoms with Crippen LogP contribution in [0.15, 0.2) is 36.4 Å². The lowest BCUT2D eigenvalue weighted by Crippen LogP contribution is -2.27. The van der Waals surface area contributed by atoms with Gasteiger partial charge in [-0.1, -0.05) is 0 Å². The summed E-state index contributed by atoms with van der Waals surface area (Å²) >= 11 is 0. The Morgan fingerprint density at radius 1 is 1.03 bits per heavy atom. The van der Waals surface area contributed by atoms with Crippen LogP contribution in [-0.4, -0.2) is 37.0 Å². The van der Waals surface area contributed by atoms with Gasteiger partial charge in [-0.25, -0.2) is 9.07 Å². The standard InChI is InChI=1S/C23H26FN3O4/c1-13-9-14(2)27(26-13)19-8-7-16(10-18(19)24)23(28)25-15(3)17-11-20(29-4)22(31-6)21(12-17)30-5/h7-12,15H,1-6H3,(H,25,28). The predicted octanol–water partition coefficient (Wildman–Crippen LogP) is 4.15. The molecule has 3 rings (SSSR count). The van der Waals surface area contributed by atoms with Crippen LogP contribution < -0.4 is 19.5 Å². The fourth-order valence-electron chi connectivity index (χ4n) is 3.41. The molecule has 0 saturated carbocycles. The van der Waals surface area contributed by atoms with Gasteiger partial charge in [-0.15, -0.1) is 0 Å².